The van der Waals surface area contributed by atoms with Gasteiger partial charge >= 0.3 is 10.1 Å². The van der Waals surface area contributed by atoms with E-state index in [-0.39, 0.29) is 0 Å². The van der Waals surface area contributed by atoms with E-state index in [2.05, 4.69) is 4.18 Å². The summed E-state index contributed by atoms with van der Waals surface area (Å²) in [5.74, 6) is 0. The van der Waals surface area contributed by atoms with Crippen molar-refractivity contribution in [2.45, 2.75) is -1.23 Å². The highest BCUT2D eigenvalue weighted by molar-refractivity contribution is 14.3. The maximum absolute atomic E-state index is 10.8. The molecule has 0 aromatic carbocycles. The Morgan fingerprint density at radius 1 is 1.33 bits per heavy atom. The molecule has 3 nitrogen and oxygen atoms in total. The van der Waals surface area contributed by atoms with Crippen LogP contribution in [-0.4, -0.2) is 14.3 Å². The first-order valence-corrected chi connectivity index (χ1v) is 6.32. The molecule has 0 aromatic heterocycles. The van der Waals surface area contributed by atoms with E-state index in [4.69, 9.17) is 0 Å². The smallest absolute Gasteiger partial charge is 0.271 e. The standard InChI is InChI=1S/C2H3I3O3S/c1-8-9(6,7)2(3,4)5/h1H3. The lowest BCUT2D eigenvalue weighted by Crippen LogP contribution is -2.18. The zero-order valence-corrected chi connectivity index (χ0v) is 11.6. The minimum Gasteiger partial charge on any atom is -0.271 e. The monoisotopic (exact) mass is 488 g/mol. The molecule has 0 N–H and O–H groups in total. The Kier molecular flexibility index (Phi) is 4.52. The molecule has 0 aliphatic carbocycles. The molecule has 0 fully saturated rings. The van der Waals surface area contributed by atoms with E-state index in [1.54, 1.807) is 67.8 Å². The number of rotatable bonds is 2. The third-order valence-corrected chi connectivity index (χ3v) is 6.36. The van der Waals surface area contributed by atoms with Crippen LogP contribution < -0.4 is 0 Å². The van der Waals surface area contributed by atoms with Crippen molar-refractivity contribution in [3.63, 3.8) is 0 Å². The normalized spacial score (nSPS) is 13.8. The van der Waals surface area contributed by atoms with E-state index >= 15 is 0 Å². The van der Waals surface area contributed by atoms with E-state index < -0.39 is 8.89 Å². The van der Waals surface area contributed by atoms with Crippen LogP contribution >= 0.6 is 67.8 Å². The van der Waals surface area contributed by atoms with Gasteiger partial charge in [0, 0.05) is 0 Å². The van der Waals surface area contributed by atoms with Gasteiger partial charge in [-0.3, -0.25) is 4.18 Å². The predicted molar refractivity (Wildman–Crippen MR) is 60.7 cm³/mol. The molecule has 0 heterocycles. The van der Waals surface area contributed by atoms with Gasteiger partial charge in [-0.2, -0.15) is 8.42 Å². The SMILES string of the molecule is COS(=O)(=O)C(I)(I)I. The highest BCUT2D eigenvalue weighted by Gasteiger charge is 2.35. The van der Waals surface area contributed by atoms with Crippen LogP contribution in [0, 0.1) is 0 Å². The molecule has 9 heavy (non-hydrogen) atoms. The van der Waals surface area contributed by atoms with Gasteiger partial charge < -0.3 is 0 Å². The third-order valence-electron chi connectivity index (χ3n) is 0.503. The fourth-order valence-electron chi connectivity index (χ4n) is 0.0945. The van der Waals surface area contributed by atoms with E-state index in [1.807, 2.05) is 0 Å². The highest BCUT2D eigenvalue weighted by atomic mass is 127. The molecule has 0 atom stereocenters. The van der Waals surface area contributed by atoms with Crippen LogP contribution in [-0.2, 0) is 14.3 Å². The Morgan fingerprint density at radius 3 is 1.67 bits per heavy atom. The maximum atomic E-state index is 10.8. The molecule has 0 aromatic rings. The van der Waals surface area contributed by atoms with Crippen LogP contribution in [0.15, 0.2) is 0 Å². The van der Waals surface area contributed by atoms with Crippen molar-refractivity contribution in [3.8, 4) is 0 Å². The molecule has 0 amide bonds. The van der Waals surface area contributed by atoms with E-state index in [0.29, 0.717) is 0 Å². The summed E-state index contributed by atoms with van der Waals surface area (Å²) >= 11 is 5.34. The van der Waals surface area contributed by atoms with E-state index in [9.17, 15) is 8.42 Å². The molecule has 0 aliphatic heterocycles. The average molecular weight is 488 g/mol. The zero-order valence-electron chi connectivity index (χ0n) is 4.27. The summed E-state index contributed by atoms with van der Waals surface area (Å²) in [6.07, 6.45) is 0. The Morgan fingerprint density at radius 2 is 1.67 bits per heavy atom. The molecule has 7 heteroatoms. The summed E-state index contributed by atoms with van der Waals surface area (Å²) in [4.78, 5) is 0. The van der Waals surface area contributed by atoms with Crippen molar-refractivity contribution in [2.75, 3.05) is 7.11 Å². The van der Waals surface area contributed by atoms with E-state index in [1.165, 1.54) is 0 Å². The Labute approximate surface area is 94.8 Å². The van der Waals surface area contributed by atoms with Crippen molar-refractivity contribution in [2.24, 2.45) is 0 Å². The zero-order chi connectivity index (χ0) is 7.71. The summed E-state index contributed by atoms with van der Waals surface area (Å²) in [5.41, 5.74) is 0. The number of alkyl halides is 3. The predicted octanol–water partition coefficient (Wildman–Crippen LogP) is 1.88. The summed E-state index contributed by atoms with van der Waals surface area (Å²) in [7, 11) is -2.22. The molecule has 0 spiro atoms. The minimum atomic E-state index is -3.38. The molecule has 0 aliphatic rings. The van der Waals surface area contributed by atoms with Gasteiger partial charge in [0.25, 0.3) is 0 Å². The van der Waals surface area contributed by atoms with Gasteiger partial charge in [-0.25, -0.2) is 0 Å². The lowest BCUT2D eigenvalue weighted by Gasteiger charge is -2.09. The van der Waals surface area contributed by atoms with Crippen LogP contribution in [0.3, 0.4) is 0 Å². The van der Waals surface area contributed by atoms with Crippen molar-refractivity contribution in [3.05, 3.63) is 0 Å². The van der Waals surface area contributed by atoms with Gasteiger partial charge in [0.1, 0.15) is 0 Å². The molecule has 0 radical (unpaired) electrons. The fraction of sp³-hybridized carbons (Fsp3) is 1.00. The molecule has 0 saturated carbocycles. The van der Waals surface area contributed by atoms with Crippen molar-refractivity contribution >= 4 is 77.9 Å². The molecule has 0 saturated heterocycles. The molecule has 56 valence electrons. The quantitative estimate of drug-likeness (QED) is 0.339. The summed E-state index contributed by atoms with van der Waals surface area (Å²) in [6, 6.07) is 0. The van der Waals surface area contributed by atoms with Gasteiger partial charge in [-0.1, -0.05) is 0 Å². The first kappa shape index (κ1) is 11.1. The first-order chi connectivity index (χ1) is 3.81. The van der Waals surface area contributed by atoms with Crippen LogP contribution in [0.2, 0.25) is 0 Å². The Hall–Kier alpha value is 2.10. The average Bonchev–Trinajstić information content (AvgIpc) is 1.64. The molecule has 0 unspecified atom stereocenters. The summed E-state index contributed by atoms with van der Waals surface area (Å²) < 4.78 is 24.9. The largest absolute Gasteiger partial charge is 0.301 e. The van der Waals surface area contributed by atoms with Crippen LogP contribution in [0.5, 0.6) is 0 Å². The number of hydrogen-bond donors (Lipinski definition) is 0. The number of hydrogen-bond acceptors (Lipinski definition) is 3. The van der Waals surface area contributed by atoms with Crippen molar-refractivity contribution < 1.29 is 12.6 Å². The van der Waals surface area contributed by atoms with Crippen LogP contribution in [0.4, 0.5) is 0 Å². The van der Waals surface area contributed by atoms with Crippen LogP contribution in [0.25, 0.3) is 0 Å². The van der Waals surface area contributed by atoms with Gasteiger partial charge in [-0.15, -0.1) is 0 Å². The van der Waals surface area contributed by atoms with E-state index in [0.717, 1.165) is 7.11 Å². The topological polar surface area (TPSA) is 43.4 Å². The Bertz CT molecular complexity index is 178. The Balaban J connectivity index is 4.57. The number of halogens is 3. The molecule has 0 rings (SSSR count). The minimum absolute atomic E-state index is 0.894. The second-order valence-electron chi connectivity index (χ2n) is 1.07. The van der Waals surface area contributed by atoms with Crippen molar-refractivity contribution in [1.82, 2.24) is 0 Å². The second kappa shape index (κ2) is 3.67. The van der Waals surface area contributed by atoms with Gasteiger partial charge in [0.2, 0.25) is -1.23 Å². The van der Waals surface area contributed by atoms with Gasteiger partial charge in [-0.05, 0) is 67.8 Å². The van der Waals surface area contributed by atoms with Crippen molar-refractivity contribution in [1.29, 1.82) is 0 Å². The molecule has 0 bridgehead atoms. The summed E-state index contributed by atoms with van der Waals surface area (Å²) in [6.45, 7) is 0. The third kappa shape index (κ3) is 3.33. The lowest BCUT2D eigenvalue weighted by atomic mass is 11.8. The fourth-order valence-corrected chi connectivity index (χ4v) is 1.90. The maximum Gasteiger partial charge on any atom is 0.301 e. The lowest BCUT2D eigenvalue weighted by molar-refractivity contribution is 0.401. The first-order valence-electron chi connectivity index (χ1n) is 1.68. The molecular formula is C2H3I3O3S. The highest BCUT2D eigenvalue weighted by Crippen LogP contribution is 2.41. The van der Waals surface area contributed by atoms with Gasteiger partial charge in [0.15, 0.2) is 0 Å². The van der Waals surface area contributed by atoms with Gasteiger partial charge in [0.05, 0.1) is 7.11 Å². The van der Waals surface area contributed by atoms with Crippen LogP contribution in [0.1, 0.15) is 0 Å². The second-order valence-corrected chi connectivity index (χ2v) is 16.2. The summed E-state index contributed by atoms with van der Waals surface area (Å²) in [5, 5.41) is 0. The molecular weight excluding hydrogens is 485 g/mol.